The predicted molar refractivity (Wildman–Crippen MR) is 84.8 cm³/mol. The third kappa shape index (κ3) is 3.74. The number of ketones is 1. The number of hydrogen-bond acceptors (Lipinski definition) is 3. The van der Waals surface area contributed by atoms with Crippen molar-refractivity contribution in [3.05, 3.63) is 40.1 Å². The van der Waals surface area contributed by atoms with Crippen LogP contribution in [-0.2, 0) is 9.53 Å². The summed E-state index contributed by atoms with van der Waals surface area (Å²) in [4.78, 5) is 25.7. The summed E-state index contributed by atoms with van der Waals surface area (Å²) in [5.74, 6) is -0.481. The van der Waals surface area contributed by atoms with Gasteiger partial charge >= 0.3 is 6.09 Å². The van der Waals surface area contributed by atoms with Gasteiger partial charge in [0.05, 0.1) is 10.2 Å². The minimum Gasteiger partial charge on any atom is -0.443 e. The van der Waals surface area contributed by atoms with Gasteiger partial charge in [0.1, 0.15) is 11.4 Å². The largest absolute Gasteiger partial charge is 0.443 e. The molecule has 0 bridgehead atoms. The Morgan fingerprint density at radius 3 is 2.41 bits per heavy atom. The van der Waals surface area contributed by atoms with Crippen LogP contribution in [-0.4, -0.2) is 28.9 Å². The number of allylic oxidation sites excluding steroid dienone is 1. The molecule has 0 saturated carbocycles. The second kappa shape index (κ2) is 6.20. The molecule has 118 valence electrons. The summed E-state index contributed by atoms with van der Waals surface area (Å²) >= 11 is 3.25. The number of carbonyl (C=O) groups excluding carboxylic acids is 2. The molecule has 0 spiro atoms. The first kappa shape index (κ1) is 16.7. The molecule has 0 radical (unpaired) electrons. The lowest BCUT2D eigenvalue weighted by Crippen LogP contribution is -2.39. The first-order valence-corrected chi connectivity index (χ1v) is 7.68. The van der Waals surface area contributed by atoms with Crippen molar-refractivity contribution in [2.24, 2.45) is 0 Å². The van der Waals surface area contributed by atoms with E-state index in [4.69, 9.17) is 4.74 Å². The molecule has 6 heteroatoms. The Morgan fingerprint density at radius 2 is 1.86 bits per heavy atom. The van der Waals surface area contributed by atoms with Gasteiger partial charge in [0.25, 0.3) is 0 Å². The summed E-state index contributed by atoms with van der Waals surface area (Å²) in [6, 6.07) is 5.63. The van der Waals surface area contributed by atoms with Crippen LogP contribution in [0.25, 0.3) is 5.70 Å². The highest BCUT2D eigenvalue weighted by molar-refractivity contribution is 9.12. The first-order chi connectivity index (χ1) is 10.2. The fraction of sp³-hybridized carbons (Fsp3) is 0.375. The summed E-state index contributed by atoms with van der Waals surface area (Å²) in [7, 11) is 0. The number of halogens is 2. The van der Waals surface area contributed by atoms with Gasteiger partial charge < -0.3 is 4.74 Å². The van der Waals surface area contributed by atoms with Crippen molar-refractivity contribution in [2.45, 2.75) is 32.8 Å². The lowest BCUT2D eigenvalue weighted by molar-refractivity contribution is -0.115. The van der Waals surface area contributed by atoms with E-state index in [1.54, 1.807) is 20.8 Å². The van der Waals surface area contributed by atoms with Crippen molar-refractivity contribution < 1.29 is 18.7 Å². The topological polar surface area (TPSA) is 46.6 Å². The van der Waals surface area contributed by atoms with Crippen LogP contribution in [0.15, 0.2) is 28.7 Å². The predicted octanol–water partition coefficient (Wildman–Crippen LogP) is 4.10. The molecule has 0 N–H and O–H groups in total. The van der Waals surface area contributed by atoms with Gasteiger partial charge in [-0.25, -0.2) is 9.18 Å². The first-order valence-electron chi connectivity index (χ1n) is 6.88. The third-order valence-corrected chi connectivity index (χ3v) is 3.83. The maximum Gasteiger partial charge on any atom is 0.414 e. The molecule has 0 aromatic heterocycles. The molecule has 4 nitrogen and oxygen atoms in total. The standard InChI is InChI=1S/C16H17BrFNO3/c1-16(2,3)22-15(21)19-9-8-12(20)13(17)14(19)10-4-6-11(18)7-5-10/h4-7H,8-9H2,1-3H3. The van der Waals surface area contributed by atoms with Crippen LogP contribution in [0.5, 0.6) is 0 Å². The number of carbonyl (C=O) groups is 2. The van der Waals surface area contributed by atoms with Crippen LogP contribution in [0, 0.1) is 5.82 Å². The molecule has 0 fully saturated rings. The second-order valence-electron chi connectivity index (χ2n) is 5.97. The Balaban J connectivity index is 2.42. The SMILES string of the molecule is CC(C)(C)OC(=O)N1CCC(=O)C(Br)=C1c1ccc(F)cc1. The number of Topliss-reactive ketones (excluding diaryl/α,β-unsaturated/α-hetero) is 1. The normalized spacial score (nSPS) is 16.0. The number of rotatable bonds is 1. The summed E-state index contributed by atoms with van der Waals surface area (Å²) < 4.78 is 18.8. The summed E-state index contributed by atoms with van der Waals surface area (Å²) in [5, 5.41) is 0. The van der Waals surface area contributed by atoms with Crippen LogP contribution >= 0.6 is 15.9 Å². The maximum absolute atomic E-state index is 13.1. The highest BCUT2D eigenvalue weighted by Gasteiger charge is 2.32. The highest BCUT2D eigenvalue weighted by atomic mass is 79.9. The lowest BCUT2D eigenvalue weighted by Gasteiger charge is -2.32. The van der Waals surface area contributed by atoms with E-state index in [0.29, 0.717) is 15.7 Å². The van der Waals surface area contributed by atoms with Gasteiger partial charge in [0.2, 0.25) is 0 Å². The van der Waals surface area contributed by atoms with Gasteiger partial charge in [-0.2, -0.15) is 0 Å². The number of amides is 1. The van der Waals surface area contributed by atoms with Crippen molar-refractivity contribution in [2.75, 3.05) is 6.54 Å². The molecule has 1 aromatic rings. The third-order valence-electron chi connectivity index (χ3n) is 3.02. The fourth-order valence-electron chi connectivity index (χ4n) is 2.08. The van der Waals surface area contributed by atoms with Gasteiger partial charge in [0, 0.05) is 13.0 Å². The average molecular weight is 370 g/mol. The van der Waals surface area contributed by atoms with Gasteiger partial charge in [-0.05, 0) is 66.5 Å². The summed E-state index contributed by atoms with van der Waals surface area (Å²) in [5.41, 5.74) is 0.344. The number of benzene rings is 1. The molecule has 1 heterocycles. The van der Waals surface area contributed by atoms with Crippen LogP contribution in [0.1, 0.15) is 32.8 Å². The molecule has 0 unspecified atom stereocenters. The molecule has 0 saturated heterocycles. The van der Waals surface area contributed by atoms with Gasteiger partial charge in [-0.15, -0.1) is 0 Å². The monoisotopic (exact) mass is 369 g/mol. The van der Waals surface area contributed by atoms with Crippen molar-refractivity contribution in [1.82, 2.24) is 4.90 Å². The Labute approximate surface area is 137 Å². The lowest BCUT2D eigenvalue weighted by atomic mass is 10.0. The number of nitrogens with zero attached hydrogens (tertiary/aromatic N) is 1. The molecule has 0 atom stereocenters. The zero-order chi connectivity index (χ0) is 16.5. The smallest absolute Gasteiger partial charge is 0.414 e. The van der Waals surface area contributed by atoms with E-state index >= 15 is 0 Å². The zero-order valence-corrected chi connectivity index (χ0v) is 14.2. The Bertz CT molecular complexity index is 632. The fourth-order valence-corrected chi connectivity index (χ4v) is 2.72. The van der Waals surface area contributed by atoms with E-state index in [0.717, 1.165) is 0 Å². The summed E-state index contributed by atoms with van der Waals surface area (Å²) in [6.45, 7) is 5.55. The van der Waals surface area contributed by atoms with Crippen molar-refractivity contribution in [3.8, 4) is 0 Å². The molecular weight excluding hydrogens is 353 g/mol. The molecule has 1 aliphatic heterocycles. The zero-order valence-electron chi connectivity index (χ0n) is 12.7. The van der Waals surface area contributed by atoms with E-state index < -0.39 is 11.7 Å². The van der Waals surface area contributed by atoms with E-state index in [2.05, 4.69) is 15.9 Å². The molecular formula is C16H17BrFNO3. The molecule has 1 amide bonds. The van der Waals surface area contributed by atoms with Gasteiger partial charge in [-0.3, -0.25) is 9.69 Å². The Morgan fingerprint density at radius 1 is 1.27 bits per heavy atom. The molecule has 1 aromatic carbocycles. The van der Waals surface area contributed by atoms with Crippen molar-refractivity contribution in [3.63, 3.8) is 0 Å². The van der Waals surface area contributed by atoms with Gasteiger partial charge in [0.15, 0.2) is 5.78 Å². The maximum atomic E-state index is 13.1. The van der Waals surface area contributed by atoms with Crippen LogP contribution in [0.2, 0.25) is 0 Å². The number of hydrogen-bond donors (Lipinski definition) is 0. The molecule has 0 aliphatic carbocycles. The molecule has 2 rings (SSSR count). The Hall–Kier alpha value is -1.69. The van der Waals surface area contributed by atoms with Crippen molar-refractivity contribution >= 4 is 33.5 Å². The van der Waals surface area contributed by atoms with Crippen molar-refractivity contribution in [1.29, 1.82) is 0 Å². The van der Waals surface area contributed by atoms with Gasteiger partial charge in [-0.1, -0.05) is 0 Å². The molecule has 22 heavy (non-hydrogen) atoms. The quantitative estimate of drug-likeness (QED) is 0.748. The van der Waals surface area contributed by atoms with E-state index in [1.807, 2.05) is 0 Å². The minimum atomic E-state index is -0.640. The average Bonchev–Trinajstić information content (AvgIpc) is 2.41. The minimum absolute atomic E-state index is 0.0980. The van der Waals surface area contributed by atoms with Crippen LogP contribution in [0.3, 0.4) is 0 Å². The van der Waals surface area contributed by atoms with Crippen LogP contribution in [0.4, 0.5) is 9.18 Å². The second-order valence-corrected chi connectivity index (χ2v) is 6.77. The van der Waals surface area contributed by atoms with E-state index in [9.17, 15) is 14.0 Å². The van der Waals surface area contributed by atoms with Crippen LogP contribution < -0.4 is 0 Å². The Kier molecular flexibility index (Phi) is 4.70. The molecule has 1 aliphatic rings. The summed E-state index contributed by atoms with van der Waals surface area (Å²) in [6.07, 6.45) is -0.318. The van der Waals surface area contributed by atoms with E-state index in [1.165, 1.54) is 29.2 Å². The highest BCUT2D eigenvalue weighted by Crippen LogP contribution is 2.33. The number of ether oxygens (including phenoxy) is 1. The van der Waals surface area contributed by atoms with E-state index in [-0.39, 0.29) is 24.6 Å².